The summed E-state index contributed by atoms with van der Waals surface area (Å²) in [7, 11) is 1.67. The molecule has 0 saturated heterocycles. The van der Waals surface area contributed by atoms with Crippen molar-refractivity contribution >= 4 is 17.4 Å². The smallest absolute Gasteiger partial charge is 0.158 e. The van der Waals surface area contributed by atoms with Crippen LogP contribution in [0.1, 0.15) is 19.7 Å². The number of anilines is 1. The van der Waals surface area contributed by atoms with Gasteiger partial charge >= 0.3 is 0 Å². The average Bonchev–Trinajstić information content (AvgIpc) is 2.32. The van der Waals surface area contributed by atoms with Gasteiger partial charge in [0.1, 0.15) is 17.6 Å². The van der Waals surface area contributed by atoms with E-state index in [2.05, 4.69) is 15.3 Å². The molecule has 1 rings (SSSR count). The lowest BCUT2D eigenvalue weighted by molar-refractivity contribution is 0.127. The van der Waals surface area contributed by atoms with E-state index < -0.39 is 0 Å². The predicted octanol–water partition coefficient (Wildman–Crippen LogP) is 2.11. The van der Waals surface area contributed by atoms with E-state index >= 15 is 0 Å². The van der Waals surface area contributed by atoms with Crippen LogP contribution in [0.3, 0.4) is 0 Å². The van der Waals surface area contributed by atoms with Crippen molar-refractivity contribution in [1.82, 2.24) is 9.97 Å². The molecule has 5 nitrogen and oxygen atoms in total. The molecule has 0 aliphatic rings. The molecule has 1 aromatic rings. The summed E-state index contributed by atoms with van der Waals surface area (Å²) in [4.78, 5) is 8.37. The van der Waals surface area contributed by atoms with Gasteiger partial charge in [-0.2, -0.15) is 0 Å². The molecule has 0 amide bonds. The van der Waals surface area contributed by atoms with Gasteiger partial charge in [-0.3, -0.25) is 0 Å². The number of nitrogens with zero attached hydrogens (tertiary/aromatic N) is 2. The van der Waals surface area contributed by atoms with Gasteiger partial charge in [-0.1, -0.05) is 11.6 Å². The van der Waals surface area contributed by atoms with Crippen LogP contribution in [0.15, 0.2) is 6.07 Å². The van der Waals surface area contributed by atoms with Gasteiger partial charge in [0, 0.05) is 26.3 Å². The van der Waals surface area contributed by atoms with Gasteiger partial charge in [0.05, 0.1) is 6.10 Å². The second-order valence-electron chi connectivity index (χ2n) is 3.56. The van der Waals surface area contributed by atoms with Gasteiger partial charge in [-0.05, 0) is 13.8 Å². The maximum Gasteiger partial charge on any atom is 0.158 e. The van der Waals surface area contributed by atoms with E-state index in [1.807, 2.05) is 13.8 Å². The first-order valence-electron chi connectivity index (χ1n) is 5.53. The van der Waals surface area contributed by atoms with Gasteiger partial charge in [0.25, 0.3) is 0 Å². The lowest BCUT2D eigenvalue weighted by Crippen LogP contribution is -2.19. The molecule has 1 N–H and O–H groups in total. The van der Waals surface area contributed by atoms with Crippen LogP contribution in [0.5, 0.6) is 0 Å². The topological polar surface area (TPSA) is 56.3 Å². The highest BCUT2D eigenvalue weighted by Crippen LogP contribution is 2.12. The molecule has 1 unspecified atom stereocenters. The monoisotopic (exact) mass is 259 g/mol. The molecule has 1 atom stereocenters. The molecule has 0 aliphatic carbocycles. The summed E-state index contributed by atoms with van der Waals surface area (Å²) in [6.45, 7) is 5.55. The molecule has 0 saturated carbocycles. The fourth-order valence-corrected chi connectivity index (χ4v) is 1.35. The highest BCUT2D eigenvalue weighted by atomic mass is 35.5. The first kappa shape index (κ1) is 14.2. The fourth-order valence-electron chi connectivity index (χ4n) is 1.14. The van der Waals surface area contributed by atoms with E-state index in [0.29, 0.717) is 36.6 Å². The Morgan fingerprint density at radius 2 is 2.24 bits per heavy atom. The van der Waals surface area contributed by atoms with Crippen molar-refractivity contribution < 1.29 is 9.47 Å². The first-order chi connectivity index (χ1) is 8.15. The molecule has 0 spiro atoms. The van der Waals surface area contributed by atoms with Gasteiger partial charge in [0.15, 0.2) is 5.82 Å². The molecule has 0 radical (unpaired) electrons. The maximum atomic E-state index is 5.90. The van der Waals surface area contributed by atoms with Crippen molar-refractivity contribution in [2.75, 3.05) is 25.6 Å². The van der Waals surface area contributed by atoms with E-state index in [0.717, 1.165) is 0 Å². The van der Waals surface area contributed by atoms with E-state index in [4.69, 9.17) is 21.1 Å². The minimum atomic E-state index is 0.110. The minimum Gasteiger partial charge on any atom is -0.380 e. The summed E-state index contributed by atoms with van der Waals surface area (Å²) in [5, 5.41) is 3.54. The SMILES string of the molecule is CCOCc1nc(Cl)cc(NCC(C)OC)n1. The lowest BCUT2D eigenvalue weighted by atomic mass is 10.4. The number of aromatic nitrogens is 2. The molecule has 0 bridgehead atoms. The Balaban J connectivity index is 2.61. The quantitative estimate of drug-likeness (QED) is 0.760. The molecule has 6 heteroatoms. The van der Waals surface area contributed by atoms with E-state index in [1.54, 1.807) is 13.2 Å². The Kier molecular flexibility index (Phi) is 6.18. The highest BCUT2D eigenvalue weighted by molar-refractivity contribution is 6.29. The Morgan fingerprint density at radius 1 is 1.47 bits per heavy atom. The largest absolute Gasteiger partial charge is 0.380 e. The molecule has 1 aromatic heterocycles. The van der Waals surface area contributed by atoms with Crippen molar-refractivity contribution in [3.8, 4) is 0 Å². The van der Waals surface area contributed by atoms with Crippen molar-refractivity contribution in [3.63, 3.8) is 0 Å². The molecule has 0 aromatic carbocycles. The first-order valence-corrected chi connectivity index (χ1v) is 5.91. The molecule has 0 fully saturated rings. The Hall–Kier alpha value is -0.910. The van der Waals surface area contributed by atoms with E-state index in [1.165, 1.54) is 0 Å². The Morgan fingerprint density at radius 3 is 2.88 bits per heavy atom. The summed E-state index contributed by atoms with van der Waals surface area (Å²) in [6.07, 6.45) is 0.110. The lowest BCUT2D eigenvalue weighted by Gasteiger charge is -2.12. The van der Waals surface area contributed by atoms with Crippen LogP contribution in [-0.4, -0.2) is 36.3 Å². The molecular weight excluding hydrogens is 242 g/mol. The number of hydrogen-bond acceptors (Lipinski definition) is 5. The normalized spacial score (nSPS) is 12.5. The number of methoxy groups -OCH3 is 1. The third kappa shape index (κ3) is 5.30. The van der Waals surface area contributed by atoms with Crippen molar-refractivity contribution in [2.24, 2.45) is 0 Å². The zero-order valence-electron chi connectivity index (χ0n) is 10.4. The Bertz CT molecular complexity index is 349. The highest BCUT2D eigenvalue weighted by Gasteiger charge is 2.05. The van der Waals surface area contributed by atoms with Crippen LogP contribution in [0.4, 0.5) is 5.82 Å². The van der Waals surface area contributed by atoms with Crippen LogP contribution in [0.25, 0.3) is 0 Å². The van der Waals surface area contributed by atoms with Crippen LogP contribution in [0.2, 0.25) is 5.15 Å². The zero-order chi connectivity index (χ0) is 12.7. The maximum absolute atomic E-state index is 5.90. The third-order valence-electron chi connectivity index (χ3n) is 2.15. The van der Waals surface area contributed by atoms with Gasteiger partial charge in [0.2, 0.25) is 0 Å². The average molecular weight is 260 g/mol. The summed E-state index contributed by atoms with van der Waals surface area (Å²) in [6, 6.07) is 1.68. The zero-order valence-corrected chi connectivity index (χ0v) is 11.1. The molecule has 1 heterocycles. The summed E-state index contributed by atoms with van der Waals surface area (Å²) < 4.78 is 10.4. The molecule has 17 heavy (non-hydrogen) atoms. The van der Waals surface area contributed by atoms with Crippen molar-refractivity contribution in [2.45, 2.75) is 26.6 Å². The summed E-state index contributed by atoms with van der Waals surface area (Å²) in [5.41, 5.74) is 0. The number of hydrogen-bond donors (Lipinski definition) is 1. The number of ether oxygens (including phenoxy) is 2. The fraction of sp³-hybridized carbons (Fsp3) is 0.636. The van der Waals surface area contributed by atoms with Crippen LogP contribution in [-0.2, 0) is 16.1 Å². The van der Waals surface area contributed by atoms with Gasteiger partial charge in [-0.25, -0.2) is 9.97 Å². The van der Waals surface area contributed by atoms with Crippen LogP contribution < -0.4 is 5.32 Å². The minimum absolute atomic E-state index is 0.110. The van der Waals surface area contributed by atoms with E-state index in [-0.39, 0.29) is 6.10 Å². The number of rotatable bonds is 7. The van der Waals surface area contributed by atoms with Crippen molar-refractivity contribution in [3.05, 3.63) is 17.0 Å². The molecule has 0 aliphatic heterocycles. The third-order valence-corrected chi connectivity index (χ3v) is 2.34. The Labute approximate surface area is 107 Å². The van der Waals surface area contributed by atoms with Crippen LogP contribution >= 0.6 is 11.6 Å². The van der Waals surface area contributed by atoms with Crippen molar-refractivity contribution in [1.29, 1.82) is 0 Å². The second-order valence-corrected chi connectivity index (χ2v) is 3.94. The number of nitrogens with one attached hydrogen (secondary N) is 1. The summed E-state index contributed by atoms with van der Waals surface area (Å²) in [5.74, 6) is 1.26. The van der Waals surface area contributed by atoms with Gasteiger partial charge in [-0.15, -0.1) is 0 Å². The molecule has 96 valence electrons. The standard InChI is InChI=1S/C11H18ClN3O2/c1-4-17-7-11-14-9(12)5-10(15-11)13-6-8(2)16-3/h5,8H,4,6-7H2,1-3H3,(H,13,14,15). The molecular formula is C11H18ClN3O2. The second kappa shape index (κ2) is 7.42. The predicted molar refractivity (Wildman–Crippen MR) is 67.3 cm³/mol. The van der Waals surface area contributed by atoms with Gasteiger partial charge < -0.3 is 14.8 Å². The van der Waals surface area contributed by atoms with Crippen LogP contribution in [0, 0.1) is 0 Å². The number of halogens is 1. The summed E-state index contributed by atoms with van der Waals surface area (Å²) >= 11 is 5.90. The van der Waals surface area contributed by atoms with E-state index in [9.17, 15) is 0 Å².